The quantitative estimate of drug-likeness (QED) is 0.751. The van der Waals surface area contributed by atoms with E-state index >= 15 is 0 Å². The predicted octanol–water partition coefficient (Wildman–Crippen LogP) is 3.23. The third-order valence-electron chi connectivity index (χ3n) is 5.10. The molecule has 0 bridgehead atoms. The maximum atomic E-state index is 5.97. The molecule has 0 unspecified atom stereocenters. The highest BCUT2D eigenvalue weighted by atomic mass is 16.5. The van der Waals surface area contributed by atoms with Crippen LogP contribution in [-0.4, -0.2) is 44.9 Å². The summed E-state index contributed by atoms with van der Waals surface area (Å²) in [6.45, 7) is 2.55. The maximum Gasteiger partial charge on any atom is 0.123 e. The van der Waals surface area contributed by atoms with Crippen molar-refractivity contribution < 1.29 is 9.47 Å². The molecule has 0 N–H and O–H groups in total. The Bertz CT molecular complexity index is 474. The van der Waals surface area contributed by atoms with Gasteiger partial charge in [-0.1, -0.05) is 12.1 Å². The molecule has 0 saturated carbocycles. The van der Waals surface area contributed by atoms with Crippen LogP contribution in [0.15, 0.2) is 18.2 Å². The Morgan fingerprint density at radius 1 is 1.24 bits per heavy atom. The van der Waals surface area contributed by atoms with Crippen LogP contribution < -0.4 is 4.74 Å². The number of ether oxygens (including phenoxy) is 2. The van der Waals surface area contributed by atoms with E-state index in [0.29, 0.717) is 19.1 Å². The Hall–Kier alpha value is -1.06. The van der Waals surface area contributed by atoms with Gasteiger partial charge >= 0.3 is 0 Å². The van der Waals surface area contributed by atoms with Gasteiger partial charge < -0.3 is 14.4 Å². The second-order valence-electron chi connectivity index (χ2n) is 6.42. The monoisotopic (exact) mass is 289 g/mol. The molecule has 1 aliphatic heterocycles. The van der Waals surface area contributed by atoms with Gasteiger partial charge in [0.05, 0.1) is 6.61 Å². The molecule has 116 valence electrons. The number of rotatable bonds is 6. The van der Waals surface area contributed by atoms with E-state index in [2.05, 4.69) is 30.1 Å². The molecule has 0 spiro atoms. The van der Waals surface area contributed by atoms with E-state index in [4.69, 9.17) is 9.47 Å². The number of benzene rings is 1. The van der Waals surface area contributed by atoms with E-state index in [1.54, 1.807) is 7.11 Å². The first kappa shape index (κ1) is 14.9. The smallest absolute Gasteiger partial charge is 0.123 e. The van der Waals surface area contributed by atoms with E-state index in [0.717, 1.165) is 11.8 Å². The van der Waals surface area contributed by atoms with Crippen molar-refractivity contribution in [1.29, 1.82) is 0 Å². The van der Waals surface area contributed by atoms with Crippen molar-refractivity contribution in [1.82, 2.24) is 4.90 Å². The van der Waals surface area contributed by atoms with E-state index in [1.165, 1.54) is 49.8 Å². The first-order valence-corrected chi connectivity index (χ1v) is 8.23. The third-order valence-corrected chi connectivity index (χ3v) is 5.10. The lowest BCUT2D eigenvalue weighted by Gasteiger charge is -2.24. The molecule has 1 saturated heterocycles. The van der Waals surface area contributed by atoms with Crippen molar-refractivity contribution in [3.05, 3.63) is 29.3 Å². The molecule has 1 aromatic carbocycles. The van der Waals surface area contributed by atoms with Gasteiger partial charge in [-0.05, 0) is 63.2 Å². The minimum Gasteiger partial charge on any atom is -0.491 e. The molecular weight excluding hydrogens is 262 g/mol. The molecule has 0 amide bonds. The van der Waals surface area contributed by atoms with Gasteiger partial charge in [0.25, 0.3) is 0 Å². The topological polar surface area (TPSA) is 21.7 Å². The Labute approximate surface area is 128 Å². The van der Waals surface area contributed by atoms with Gasteiger partial charge in [0.15, 0.2) is 0 Å². The highest BCUT2D eigenvalue weighted by Crippen LogP contribution is 2.43. The molecule has 0 radical (unpaired) electrons. The van der Waals surface area contributed by atoms with E-state index in [9.17, 15) is 0 Å². The van der Waals surface area contributed by atoms with Crippen LogP contribution in [0.4, 0.5) is 0 Å². The van der Waals surface area contributed by atoms with Gasteiger partial charge in [-0.3, -0.25) is 0 Å². The molecule has 21 heavy (non-hydrogen) atoms. The molecule has 1 heterocycles. The third kappa shape index (κ3) is 3.24. The van der Waals surface area contributed by atoms with Gasteiger partial charge in [0.1, 0.15) is 12.4 Å². The molecule has 3 rings (SSSR count). The molecule has 3 nitrogen and oxygen atoms in total. The predicted molar refractivity (Wildman–Crippen MR) is 85.1 cm³/mol. The number of nitrogens with zero attached hydrogens (tertiary/aromatic N) is 1. The van der Waals surface area contributed by atoms with Crippen LogP contribution >= 0.6 is 0 Å². The molecule has 1 aromatic rings. The fraction of sp³-hybridized carbons (Fsp3) is 0.667. The van der Waals surface area contributed by atoms with Crippen molar-refractivity contribution in [2.45, 2.75) is 44.1 Å². The SMILES string of the molecule is COCCOc1cccc2c1[C@H](C[C@H]1CCCN1C)CC2. The molecular formula is C18H27NO2. The number of hydrogen-bond acceptors (Lipinski definition) is 3. The maximum absolute atomic E-state index is 5.97. The lowest BCUT2D eigenvalue weighted by molar-refractivity contribution is 0.145. The zero-order valence-electron chi connectivity index (χ0n) is 13.3. The van der Waals surface area contributed by atoms with Crippen LogP contribution in [0.1, 0.15) is 42.7 Å². The van der Waals surface area contributed by atoms with Crippen LogP contribution in [0, 0.1) is 0 Å². The van der Waals surface area contributed by atoms with Gasteiger partial charge in [0.2, 0.25) is 0 Å². The van der Waals surface area contributed by atoms with Crippen LogP contribution in [-0.2, 0) is 11.2 Å². The van der Waals surface area contributed by atoms with E-state index in [1.807, 2.05) is 0 Å². The Morgan fingerprint density at radius 3 is 2.90 bits per heavy atom. The normalized spacial score (nSPS) is 25.2. The summed E-state index contributed by atoms with van der Waals surface area (Å²) in [4.78, 5) is 2.53. The van der Waals surface area contributed by atoms with Crippen LogP contribution in [0.3, 0.4) is 0 Å². The number of likely N-dealkylation sites (tertiary alicyclic amines) is 1. The summed E-state index contributed by atoms with van der Waals surface area (Å²) in [5, 5.41) is 0. The van der Waals surface area contributed by atoms with Crippen LogP contribution in [0.2, 0.25) is 0 Å². The number of aryl methyl sites for hydroxylation is 1. The van der Waals surface area contributed by atoms with Crippen molar-refractivity contribution in [3.8, 4) is 5.75 Å². The van der Waals surface area contributed by atoms with Gasteiger partial charge in [-0.15, -0.1) is 0 Å². The lowest BCUT2D eigenvalue weighted by Crippen LogP contribution is -2.26. The van der Waals surface area contributed by atoms with Gasteiger partial charge in [0, 0.05) is 18.7 Å². The van der Waals surface area contributed by atoms with Crippen LogP contribution in [0.5, 0.6) is 5.75 Å². The summed E-state index contributed by atoms with van der Waals surface area (Å²) in [5.74, 6) is 1.76. The Balaban J connectivity index is 1.73. The van der Waals surface area contributed by atoms with Gasteiger partial charge in [-0.25, -0.2) is 0 Å². The van der Waals surface area contributed by atoms with Crippen LogP contribution in [0.25, 0.3) is 0 Å². The van der Waals surface area contributed by atoms with E-state index in [-0.39, 0.29) is 0 Å². The second kappa shape index (κ2) is 6.80. The molecule has 1 fully saturated rings. The average molecular weight is 289 g/mol. The summed E-state index contributed by atoms with van der Waals surface area (Å²) >= 11 is 0. The average Bonchev–Trinajstić information content (AvgIpc) is 3.08. The second-order valence-corrected chi connectivity index (χ2v) is 6.42. The summed E-state index contributed by atoms with van der Waals surface area (Å²) in [5.41, 5.74) is 2.98. The molecule has 1 aliphatic carbocycles. The summed E-state index contributed by atoms with van der Waals surface area (Å²) in [7, 11) is 3.99. The fourth-order valence-electron chi connectivity index (χ4n) is 3.95. The largest absolute Gasteiger partial charge is 0.491 e. The zero-order chi connectivity index (χ0) is 14.7. The summed E-state index contributed by atoms with van der Waals surface area (Å²) in [6, 6.07) is 7.29. The minimum atomic E-state index is 0.642. The number of fused-ring (bicyclic) bond motifs is 1. The molecule has 0 aromatic heterocycles. The number of methoxy groups -OCH3 is 1. The molecule has 2 atom stereocenters. The summed E-state index contributed by atoms with van der Waals surface area (Å²) < 4.78 is 11.1. The summed E-state index contributed by atoms with van der Waals surface area (Å²) in [6.07, 6.45) is 6.48. The first-order chi connectivity index (χ1) is 10.3. The minimum absolute atomic E-state index is 0.642. The Morgan fingerprint density at radius 2 is 2.14 bits per heavy atom. The van der Waals surface area contributed by atoms with Gasteiger partial charge in [-0.2, -0.15) is 0 Å². The molecule has 2 aliphatic rings. The fourth-order valence-corrected chi connectivity index (χ4v) is 3.95. The number of hydrogen-bond donors (Lipinski definition) is 0. The standard InChI is InChI=1S/C18H27NO2/c1-19-10-4-6-16(19)13-15-9-8-14-5-3-7-17(18(14)15)21-12-11-20-2/h3,5,7,15-16H,4,6,8-13H2,1-2H3/t15-,16+/m0/s1. The lowest BCUT2D eigenvalue weighted by atomic mass is 9.92. The van der Waals surface area contributed by atoms with Crippen molar-refractivity contribution >= 4 is 0 Å². The van der Waals surface area contributed by atoms with Crippen molar-refractivity contribution in [2.24, 2.45) is 0 Å². The zero-order valence-corrected chi connectivity index (χ0v) is 13.3. The molecule has 3 heteroatoms. The Kier molecular flexibility index (Phi) is 4.81. The highest BCUT2D eigenvalue weighted by molar-refractivity contribution is 5.46. The van der Waals surface area contributed by atoms with Crippen molar-refractivity contribution in [2.75, 3.05) is 33.9 Å². The first-order valence-electron chi connectivity index (χ1n) is 8.23. The van der Waals surface area contributed by atoms with E-state index < -0.39 is 0 Å². The van der Waals surface area contributed by atoms with Crippen molar-refractivity contribution in [3.63, 3.8) is 0 Å². The highest BCUT2D eigenvalue weighted by Gasteiger charge is 2.31.